The van der Waals surface area contributed by atoms with Gasteiger partial charge in [0.15, 0.2) is 0 Å². The van der Waals surface area contributed by atoms with E-state index in [4.69, 9.17) is 4.74 Å². The van der Waals surface area contributed by atoms with Crippen molar-refractivity contribution in [2.24, 2.45) is 0 Å². The Morgan fingerprint density at radius 3 is 2.23 bits per heavy atom. The number of benzene rings is 2. The van der Waals surface area contributed by atoms with E-state index in [-0.39, 0.29) is 30.9 Å². The number of hydrogen-bond donors (Lipinski definition) is 2. The number of carbonyl (C=O) groups is 3. The highest BCUT2D eigenvalue weighted by Gasteiger charge is 2.55. The molecule has 2 aromatic rings. The SMILES string of the molecule is CCC[C@@H](NC(=O)OCC1c2ccccc2-c2ccccc21)C(=O)N1C2CCC1(CC(=O)O)CC2. The largest absolute Gasteiger partial charge is 0.481 e. The molecule has 2 amide bonds. The highest BCUT2D eigenvalue weighted by atomic mass is 16.5. The predicted octanol–water partition coefficient (Wildman–Crippen LogP) is 4.69. The maximum Gasteiger partial charge on any atom is 0.407 e. The minimum atomic E-state index is -0.887. The van der Waals surface area contributed by atoms with E-state index in [9.17, 15) is 19.5 Å². The lowest BCUT2D eigenvalue weighted by Gasteiger charge is -2.36. The van der Waals surface area contributed by atoms with Crippen LogP contribution in [0.5, 0.6) is 0 Å². The van der Waals surface area contributed by atoms with E-state index >= 15 is 0 Å². The zero-order valence-electron chi connectivity index (χ0n) is 20.0. The first kappa shape index (κ1) is 23.4. The van der Waals surface area contributed by atoms with Crippen LogP contribution in [-0.2, 0) is 14.3 Å². The van der Waals surface area contributed by atoms with Crippen LogP contribution in [0.25, 0.3) is 11.1 Å². The molecule has 2 saturated heterocycles. The Morgan fingerprint density at radius 2 is 1.66 bits per heavy atom. The van der Waals surface area contributed by atoms with Crippen LogP contribution >= 0.6 is 0 Å². The van der Waals surface area contributed by atoms with Gasteiger partial charge in [0, 0.05) is 12.0 Å². The maximum absolute atomic E-state index is 13.6. The van der Waals surface area contributed by atoms with Gasteiger partial charge in [0.1, 0.15) is 12.6 Å². The molecule has 2 N–H and O–H groups in total. The molecule has 0 saturated carbocycles. The smallest absolute Gasteiger partial charge is 0.407 e. The Bertz CT molecular complexity index is 1090. The van der Waals surface area contributed by atoms with Gasteiger partial charge in [0.05, 0.1) is 12.0 Å². The summed E-state index contributed by atoms with van der Waals surface area (Å²) in [5.41, 5.74) is 3.95. The molecule has 35 heavy (non-hydrogen) atoms. The first-order valence-corrected chi connectivity index (χ1v) is 12.6. The third kappa shape index (κ3) is 4.17. The van der Waals surface area contributed by atoms with Crippen molar-refractivity contribution in [3.63, 3.8) is 0 Å². The Labute approximate surface area is 205 Å². The molecule has 0 spiro atoms. The average Bonchev–Trinajstić information content (AvgIpc) is 3.48. The number of ether oxygens (including phenoxy) is 1. The molecule has 2 fully saturated rings. The Hall–Kier alpha value is -3.35. The molecule has 1 aliphatic carbocycles. The van der Waals surface area contributed by atoms with Gasteiger partial charge in [-0.2, -0.15) is 0 Å². The van der Waals surface area contributed by atoms with E-state index in [2.05, 4.69) is 29.6 Å². The summed E-state index contributed by atoms with van der Waals surface area (Å²) in [7, 11) is 0. The number of carboxylic acid groups (broad SMARTS) is 1. The fourth-order valence-corrected chi connectivity index (χ4v) is 6.48. The summed E-state index contributed by atoms with van der Waals surface area (Å²) in [6.07, 6.45) is 3.60. The number of hydrogen-bond acceptors (Lipinski definition) is 4. The molecule has 2 bridgehead atoms. The summed E-state index contributed by atoms with van der Waals surface area (Å²) in [5, 5.41) is 12.3. The van der Waals surface area contributed by atoms with Gasteiger partial charge in [-0.3, -0.25) is 9.59 Å². The molecular formula is C28H32N2O5. The van der Waals surface area contributed by atoms with Crippen molar-refractivity contribution < 1.29 is 24.2 Å². The monoisotopic (exact) mass is 476 g/mol. The van der Waals surface area contributed by atoms with E-state index in [1.54, 1.807) is 4.90 Å². The molecule has 7 heteroatoms. The third-order valence-electron chi connectivity index (χ3n) is 7.99. The zero-order valence-corrected chi connectivity index (χ0v) is 20.0. The number of nitrogens with one attached hydrogen (secondary N) is 1. The van der Waals surface area contributed by atoms with Crippen molar-refractivity contribution >= 4 is 18.0 Å². The molecule has 2 heterocycles. The van der Waals surface area contributed by atoms with Gasteiger partial charge >= 0.3 is 12.1 Å². The van der Waals surface area contributed by atoms with Gasteiger partial charge in [0.2, 0.25) is 5.91 Å². The van der Waals surface area contributed by atoms with Crippen LogP contribution in [0.2, 0.25) is 0 Å². The first-order chi connectivity index (χ1) is 16.9. The fraction of sp³-hybridized carbons (Fsp3) is 0.464. The molecule has 5 rings (SSSR count). The van der Waals surface area contributed by atoms with Gasteiger partial charge in [-0.1, -0.05) is 61.9 Å². The van der Waals surface area contributed by atoms with Crippen LogP contribution in [0.15, 0.2) is 48.5 Å². The Balaban J connectivity index is 1.27. The fourth-order valence-electron chi connectivity index (χ4n) is 6.48. The second kappa shape index (κ2) is 9.36. The van der Waals surface area contributed by atoms with Gasteiger partial charge in [-0.15, -0.1) is 0 Å². The normalized spacial score (nSPS) is 23.0. The number of alkyl carbamates (subject to hydrolysis) is 1. The Kier molecular flexibility index (Phi) is 6.26. The van der Waals surface area contributed by atoms with E-state index in [0.29, 0.717) is 25.7 Å². The van der Waals surface area contributed by atoms with E-state index in [0.717, 1.165) is 35.1 Å². The lowest BCUT2D eigenvalue weighted by atomic mass is 9.85. The first-order valence-electron chi connectivity index (χ1n) is 12.6. The van der Waals surface area contributed by atoms with Gasteiger partial charge in [0.25, 0.3) is 0 Å². The average molecular weight is 477 g/mol. The van der Waals surface area contributed by atoms with Crippen molar-refractivity contribution in [3.05, 3.63) is 59.7 Å². The van der Waals surface area contributed by atoms with Crippen LogP contribution in [-0.4, -0.2) is 52.2 Å². The number of fused-ring (bicyclic) bond motifs is 5. The van der Waals surface area contributed by atoms with Crippen molar-refractivity contribution in [1.82, 2.24) is 10.2 Å². The summed E-state index contributed by atoms with van der Waals surface area (Å²) >= 11 is 0. The second-order valence-electron chi connectivity index (χ2n) is 10.0. The van der Waals surface area contributed by atoms with E-state index < -0.39 is 23.6 Å². The second-order valence-corrected chi connectivity index (χ2v) is 10.0. The minimum absolute atomic E-state index is 0.0426. The van der Waals surface area contributed by atoms with Crippen LogP contribution < -0.4 is 5.32 Å². The number of amides is 2. The van der Waals surface area contributed by atoms with E-state index in [1.165, 1.54) is 0 Å². The summed E-state index contributed by atoms with van der Waals surface area (Å²) in [6, 6.07) is 15.6. The van der Waals surface area contributed by atoms with Crippen LogP contribution in [0.3, 0.4) is 0 Å². The lowest BCUT2D eigenvalue weighted by Crippen LogP contribution is -2.55. The van der Waals surface area contributed by atoms with Gasteiger partial charge < -0.3 is 20.1 Å². The van der Waals surface area contributed by atoms with E-state index in [1.807, 2.05) is 31.2 Å². The molecule has 0 aromatic heterocycles. The third-order valence-corrected chi connectivity index (χ3v) is 7.99. The Morgan fingerprint density at radius 1 is 1.06 bits per heavy atom. The number of carboxylic acids is 1. The summed E-state index contributed by atoms with van der Waals surface area (Å²) in [4.78, 5) is 39.8. The van der Waals surface area contributed by atoms with Crippen molar-refractivity contribution in [3.8, 4) is 11.1 Å². The standard InChI is InChI=1S/C28H32N2O5/c1-2-7-24(26(33)30-18-12-14-28(30,15-13-18)16-25(31)32)29-27(34)35-17-23-21-10-5-3-8-19(21)20-9-4-6-11-22(20)23/h3-6,8-11,18,23-24H,2,7,12-17H2,1H3,(H,29,34)(H,31,32)/t18?,24-,28?/m1/s1. The van der Waals surface area contributed by atoms with Gasteiger partial charge in [-0.25, -0.2) is 4.79 Å². The van der Waals surface area contributed by atoms with Crippen LogP contribution in [0.1, 0.15) is 68.9 Å². The quantitative estimate of drug-likeness (QED) is 0.576. The zero-order chi connectivity index (χ0) is 24.6. The molecule has 2 aliphatic heterocycles. The molecule has 0 radical (unpaired) electrons. The molecule has 0 unspecified atom stereocenters. The molecule has 184 valence electrons. The van der Waals surface area contributed by atoms with Gasteiger partial charge in [-0.05, 0) is 54.4 Å². The highest BCUT2D eigenvalue weighted by Crippen LogP contribution is 2.49. The molecule has 2 aromatic carbocycles. The van der Waals surface area contributed by atoms with Crippen LogP contribution in [0.4, 0.5) is 4.79 Å². The minimum Gasteiger partial charge on any atom is -0.481 e. The van der Waals surface area contributed by atoms with Crippen molar-refractivity contribution in [1.29, 1.82) is 0 Å². The molecular weight excluding hydrogens is 444 g/mol. The maximum atomic E-state index is 13.6. The highest BCUT2D eigenvalue weighted by molar-refractivity contribution is 5.88. The van der Waals surface area contributed by atoms with Crippen molar-refractivity contribution in [2.75, 3.05) is 6.61 Å². The number of carbonyl (C=O) groups excluding carboxylic acids is 2. The number of rotatable bonds is 8. The van der Waals surface area contributed by atoms with Crippen molar-refractivity contribution in [2.45, 2.75) is 75.4 Å². The summed E-state index contributed by atoms with van der Waals surface area (Å²) in [6.45, 7) is 2.15. The summed E-state index contributed by atoms with van der Waals surface area (Å²) in [5.74, 6) is -1.12. The number of nitrogens with zero attached hydrogens (tertiary/aromatic N) is 1. The molecule has 1 atom stereocenters. The molecule has 3 aliphatic rings. The summed E-state index contributed by atoms with van der Waals surface area (Å²) < 4.78 is 5.67. The molecule has 7 nitrogen and oxygen atoms in total. The number of aliphatic carboxylic acids is 1. The topological polar surface area (TPSA) is 95.9 Å². The lowest BCUT2D eigenvalue weighted by molar-refractivity contribution is -0.144. The predicted molar refractivity (Wildman–Crippen MR) is 131 cm³/mol. The van der Waals surface area contributed by atoms with Crippen LogP contribution in [0, 0.1) is 0 Å².